The maximum Gasteiger partial charge on any atom is 0.335 e. The number of nitrogens with zero attached hydrogens (tertiary/aromatic N) is 1. The number of aliphatic carboxylic acids is 1. The van der Waals surface area contributed by atoms with Crippen LogP contribution in [0.1, 0.15) is 23.2 Å². The number of amides is 1. The van der Waals surface area contributed by atoms with Crippen LogP contribution >= 0.6 is 0 Å². The summed E-state index contributed by atoms with van der Waals surface area (Å²) in [5, 5.41) is 19.8. The van der Waals surface area contributed by atoms with Crippen molar-refractivity contribution < 1.29 is 19.8 Å². The third-order valence-corrected chi connectivity index (χ3v) is 4.08. The number of H-pyrrole nitrogens is 1. The summed E-state index contributed by atoms with van der Waals surface area (Å²) >= 11 is 0. The summed E-state index contributed by atoms with van der Waals surface area (Å²) < 4.78 is 0. The maximum absolute atomic E-state index is 12.4. The maximum atomic E-state index is 12.4. The summed E-state index contributed by atoms with van der Waals surface area (Å²) in [6.45, 7) is 0.486. The highest BCUT2D eigenvalue weighted by atomic mass is 16.4. The van der Waals surface area contributed by atoms with Gasteiger partial charge in [0.2, 0.25) is 0 Å². The predicted octanol–water partition coefficient (Wildman–Crippen LogP) is 1.22. The number of benzene rings is 1. The van der Waals surface area contributed by atoms with Crippen LogP contribution in [0.3, 0.4) is 0 Å². The molecule has 3 N–H and O–H groups in total. The van der Waals surface area contributed by atoms with Crippen LogP contribution in [0.15, 0.2) is 30.5 Å². The number of aromatic amines is 1. The van der Waals surface area contributed by atoms with Crippen molar-refractivity contribution in [3.63, 3.8) is 0 Å². The highest BCUT2D eigenvalue weighted by Gasteiger charge is 2.40. The number of carboxylic acid groups (broad SMARTS) is 1. The molecule has 2 heterocycles. The van der Waals surface area contributed by atoms with Crippen molar-refractivity contribution in [2.45, 2.75) is 18.4 Å². The van der Waals surface area contributed by atoms with Gasteiger partial charge in [-0.1, -0.05) is 0 Å². The normalized spacial score (nSPS) is 17.9. The van der Waals surface area contributed by atoms with Crippen molar-refractivity contribution in [3.8, 4) is 0 Å². The number of hydrogen-bond acceptors (Lipinski definition) is 3. The smallest absolute Gasteiger partial charge is 0.335 e. The number of carbonyl (C=O) groups excluding carboxylic acids is 1. The fraction of sp³-hybridized carbons (Fsp3) is 0.333. The second kappa shape index (κ2) is 4.89. The lowest BCUT2D eigenvalue weighted by atomic mass is 9.91. The van der Waals surface area contributed by atoms with E-state index in [1.165, 1.54) is 0 Å². The van der Waals surface area contributed by atoms with Crippen LogP contribution in [-0.4, -0.2) is 50.7 Å². The fourth-order valence-electron chi connectivity index (χ4n) is 2.66. The van der Waals surface area contributed by atoms with Crippen LogP contribution in [0.5, 0.6) is 0 Å². The topological polar surface area (TPSA) is 93.6 Å². The Labute approximate surface area is 121 Å². The van der Waals surface area contributed by atoms with Gasteiger partial charge in [-0.2, -0.15) is 0 Å². The SMILES string of the molecule is O=C(c1ccc2[nH]ccc2c1)N1CCC(O)(C(=O)O)CC1. The zero-order valence-electron chi connectivity index (χ0n) is 11.4. The second-order valence-corrected chi connectivity index (χ2v) is 5.41. The Morgan fingerprint density at radius 1 is 1.19 bits per heavy atom. The number of rotatable bonds is 2. The molecule has 0 radical (unpaired) electrons. The number of likely N-dealkylation sites (tertiary alicyclic amines) is 1. The van der Waals surface area contributed by atoms with Gasteiger partial charge in [0.15, 0.2) is 5.60 Å². The van der Waals surface area contributed by atoms with E-state index in [1.807, 2.05) is 24.4 Å². The van der Waals surface area contributed by atoms with Crippen LogP contribution in [0.2, 0.25) is 0 Å². The zero-order chi connectivity index (χ0) is 15.0. The highest BCUT2D eigenvalue weighted by molar-refractivity contribution is 5.98. The summed E-state index contributed by atoms with van der Waals surface area (Å²) in [7, 11) is 0. The molecule has 1 saturated heterocycles. The molecule has 0 unspecified atom stereocenters. The van der Waals surface area contributed by atoms with Gasteiger partial charge in [-0.25, -0.2) is 4.79 Å². The molecule has 0 spiro atoms. The van der Waals surface area contributed by atoms with Gasteiger partial charge in [-0.05, 0) is 24.3 Å². The fourth-order valence-corrected chi connectivity index (χ4v) is 2.66. The number of carbonyl (C=O) groups is 2. The lowest BCUT2D eigenvalue weighted by Crippen LogP contribution is -2.50. The number of nitrogens with one attached hydrogen (secondary N) is 1. The first kappa shape index (κ1) is 13.6. The first-order valence-corrected chi connectivity index (χ1v) is 6.82. The summed E-state index contributed by atoms with van der Waals surface area (Å²) in [6, 6.07) is 7.30. The number of hydrogen-bond donors (Lipinski definition) is 3. The molecule has 1 fully saturated rings. The third-order valence-electron chi connectivity index (χ3n) is 4.08. The molecule has 1 aromatic heterocycles. The van der Waals surface area contributed by atoms with E-state index in [-0.39, 0.29) is 31.8 Å². The molecule has 0 aliphatic carbocycles. The number of aliphatic hydroxyl groups is 1. The zero-order valence-corrected chi connectivity index (χ0v) is 11.4. The number of fused-ring (bicyclic) bond motifs is 1. The van der Waals surface area contributed by atoms with Gasteiger partial charge in [0.1, 0.15) is 0 Å². The quantitative estimate of drug-likeness (QED) is 0.774. The molecule has 0 saturated carbocycles. The minimum absolute atomic E-state index is 0.0560. The molecule has 21 heavy (non-hydrogen) atoms. The van der Waals surface area contributed by atoms with E-state index in [2.05, 4.69) is 4.98 Å². The lowest BCUT2D eigenvalue weighted by Gasteiger charge is -2.35. The van der Waals surface area contributed by atoms with Gasteiger partial charge in [0.25, 0.3) is 5.91 Å². The van der Waals surface area contributed by atoms with Crippen molar-refractivity contribution in [1.29, 1.82) is 0 Å². The Morgan fingerprint density at radius 3 is 2.57 bits per heavy atom. The molecule has 1 aliphatic heterocycles. The van der Waals surface area contributed by atoms with E-state index in [4.69, 9.17) is 5.11 Å². The molecule has 2 aromatic rings. The van der Waals surface area contributed by atoms with E-state index in [9.17, 15) is 14.7 Å². The monoisotopic (exact) mass is 288 g/mol. The molecule has 1 aliphatic rings. The molecule has 1 amide bonds. The van der Waals surface area contributed by atoms with E-state index >= 15 is 0 Å². The van der Waals surface area contributed by atoms with Crippen molar-refractivity contribution >= 4 is 22.8 Å². The summed E-state index contributed by atoms with van der Waals surface area (Å²) in [5.41, 5.74) is -0.171. The Balaban J connectivity index is 1.76. The molecule has 110 valence electrons. The highest BCUT2D eigenvalue weighted by Crippen LogP contribution is 2.24. The molecule has 0 atom stereocenters. The second-order valence-electron chi connectivity index (χ2n) is 5.41. The Bertz CT molecular complexity index is 699. The summed E-state index contributed by atoms with van der Waals surface area (Å²) in [5.74, 6) is -1.35. The molecule has 6 heteroatoms. The van der Waals surface area contributed by atoms with Gasteiger partial charge < -0.3 is 20.1 Å². The van der Waals surface area contributed by atoms with E-state index in [1.54, 1.807) is 11.0 Å². The molecule has 6 nitrogen and oxygen atoms in total. The summed E-state index contributed by atoms with van der Waals surface area (Å²) in [4.78, 5) is 28.1. The molecule has 1 aromatic carbocycles. The van der Waals surface area contributed by atoms with Crippen LogP contribution in [0, 0.1) is 0 Å². The van der Waals surface area contributed by atoms with Gasteiger partial charge in [0.05, 0.1) is 0 Å². The molecular weight excluding hydrogens is 272 g/mol. The van der Waals surface area contributed by atoms with Crippen LogP contribution < -0.4 is 0 Å². The minimum atomic E-state index is -1.71. The van der Waals surface area contributed by atoms with Gasteiger partial charge in [-0.3, -0.25) is 4.79 Å². The number of carboxylic acids is 1. The largest absolute Gasteiger partial charge is 0.479 e. The first-order chi connectivity index (χ1) is 9.99. The van der Waals surface area contributed by atoms with Crippen molar-refractivity contribution in [2.24, 2.45) is 0 Å². The molecule has 0 bridgehead atoms. The standard InChI is InChI=1S/C15H16N2O4/c18-13(11-1-2-12-10(9-11)3-6-16-12)17-7-4-15(21,5-8-17)14(19)20/h1-3,6,9,16,21H,4-5,7-8H2,(H,19,20). The number of aromatic nitrogens is 1. The van der Waals surface area contributed by atoms with E-state index in [0.717, 1.165) is 10.9 Å². The van der Waals surface area contributed by atoms with Crippen LogP contribution in [0.4, 0.5) is 0 Å². The molecule has 3 rings (SSSR count). The average Bonchev–Trinajstić information content (AvgIpc) is 2.94. The van der Waals surface area contributed by atoms with Gasteiger partial charge in [0, 0.05) is 48.6 Å². The van der Waals surface area contributed by atoms with E-state index in [0.29, 0.717) is 5.56 Å². The van der Waals surface area contributed by atoms with E-state index < -0.39 is 11.6 Å². The lowest BCUT2D eigenvalue weighted by molar-refractivity contribution is -0.162. The average molecular weight is 288 g/mol. The third kappa shape index (κ3) is 2.38. The minimum Gasteiger partial charge on any atom is -0.479 e. The first-order valence-electron chi connectivity index (χ1n) is 6.82. The Morgan fingerprint density at radius 2 is 1.90 bits per heavy atom. The predicted molar refractivity (Wildman–Crippen MR) is 76.0 cm³/mol. The summed E-state index contributed by atoms with van der Waals surface area (Å²) in [6.07, 6.45) is 1.92. The van der Waals surface area contributed by atoms with Gasteiger partial charge in [-0.15, -0.1) is 0 Å². The molecular formula is C15H16N2O4. The Kier molecular flexibility index (Phi) is 3.17. The van der Waals surface area contributed by atoms with Gasteiger partial charge >= 0.3 is 5.97 Å². The Hall–Kier alpha value is -2.34. The van der Waals surface area contributed by atoms with Crippen molar-refractivity contribution in [1.82, 2.24) is 9.88 Å². The van der Waals surface area contributed by atoms with Crippen LogP contribution in [0.25, 0.3) is 10.9 Å². The van der Waals surface area contributed by atoms with Crippen LogP contribution in [-0.2, 0) is 4.79 Å². The van der Waals surface area contributed by atoms with Crippen molar-refractivity contribution in [2.75, 3.05) is 13.1 Å². The van der Waals surface area contributed by atoms with Crippen molar-refractivity contribution in [3.05, 3.63) is 36.0 Å². The number of piperidine rings is 1.